The number of alkyl halides is 3. The molecule has 0 aromatic carbocycles. The van der Waals surface area contributed by atoms with Gasteiger partial charge in [0.25, 0.3) is 0 Å². The second-order valence-corrected chi connectivity index (χ2v) is 4.67. The van der Waals surface area contributed by atoms with E-state index in [0.29, 0.717) is 25.9 Å². The summed E-state index contributed by atoms with van der Waals surface area (Å²) >= 11 is 0. The molecule has 1 aliphatic heterocycles. The maximum Gasteiger partial charge on any atom is 0.391 e. The Morgan fingerprint density at radius 1 is 1.35 bits per heavy atom. The maximum absolute atomic E-state index is 12.6. The molecule has 17 heavy (non-hydrogen) atoms. The van der Waals surface area contributed by atoms with Gasteiger partial charge in [0.05, 0.1) is 12.5 Å². The molecule has 0 bridgehead atoms. The van der Waals surface area contributed by atoms with Crippen molar-refractivity contribution < 1.29 is 22.7 Å². The van der Waals surface area contributed by atoms with Crippen molar-refractivity contribution in [2.24, 2.45) is 11.8 Å². The molecule has 2 atom stereocenters. The molecule has 0 radical (unpaired) electrons. The molecule has 1 heterocycles. The second kappa shape index (κ2) is 4.70. The summed E-state index contributed by atoms with van der Waals surface area (Å²) in [6, 6.07) is 0. The quantitative estimate of drug-likeness (QED) is 0.750. The van der Waals surface area contributed by atoms with E-state index in [4.69, 9.17) is 4.74 Å². The lowest BCUT2D eigenvalue weighted by Gasteiger charge is -2.29. The van der Waals surface area contributed by atoms with Gasteiger partial charge in [-0.15, -0.1) is 0 Å². The highest BCUT2D eigenvalue weighted by Gasteiger charge is 2.44. The molecule has 2 unspecified atom stereocenters. The van der Waals surface area contributed by atoms with Crippen LogP contribution in [0.15, 0.2) is 11.8 Å². The summed E-state index contributed by atoms with van der Waals surface area (Å²) in [4.78, 5) is 11.9. The van der Waals surface area contributed by atoms with Crippen molar-refractivity contribution in [3.8, 4) is 0 Å². The Hall–Kier alpha value is -1.00. The first-order valence-corrected chi connectivity index (χ1v) is 5.92. The minimum absolute atomic E-state index is 0.0803. The van der Waals surface area contributed by atoms with Crippen LogP contribution in [0.2, 0.25) is 0 Å². The zero-order valence-corrected chi connectivity index (χ0v) is 9.43. The third kappa shape index (κ3) is 2.82. The van der Waals surface area contributed by atoms with Crippen molar-refractivity contribution >= 4 is 5.78 Å². The third-order valence-electron chi connectivity index (χ3n) is 3.46. The number of ketones is 1. The molecule has 1 saturated carbocycles. The third-order valence-corrected chi connectivity index (χ3v) is 3.46. The highest BCUT2D eigenvalue weighted by atomic mass is 19.4. The van der Waals surface area contributed by atoms with Gasteiger partial charge >= 0.3 is 6.18 Å². The average molecular weight is 248 g/mol. The SMILES string of the molecule is O=C(C1=CCCO1)C1CCCC(C(F)(F)F)C1. The highest BCUT2D eigenvalue weighted by Crippen LogP contribution is 2.41. The first-order chi connectivity index (χ1) is 7.98. The van der Waals surface area contributed by atoms with Crippen molar-refractivity contribution in [3.05, 3.63) is 11.8 Å². The molecule has 5 heteroatoms. The number of rotatable bonds is 2. The molecule has 0 aromatic heterocycles. The lowest BCUT2D eigenvalue weighted by molar-refractivity contribution is -0.186. The van der Waals surface area contributed by atoms with Crippen LogP contribution in [0.4, 0.5) is 13.2 Å². The van der Waals surface area contributed by atoms with E-state index < -0.39 is 18.0 Å². The number of hydrogen-bond donors (Lipinski definition) is 0. The van der Waals surface area contributed by atoms with Crippen LogP contribution in [0.5, 0.6) is 0 Å². The number of carbonyl (C=O) groups excluding carboxylic acids is 1. The van der Waals surface area contributed by atoms with Crippen LogP contribution in [0, 0.1) is 11.8 Å². The van der Waals surface area contributed by atoms with Gasteiger partial charge in [-0.2, -0.15) is 13.2 Å². The Morgan fingerprint density at radius 3 is 2.71 bits per heavy atom. The molecule has 0 N–H and O–H groups in total. The second-order valence-electron chi connectivity index (χ2n) is 4.67. The van der Waals surface area contributed by atoms with Crippen LogP contribution in [-0.4, -0.2) is 18.6 Å². The van der Waals surface area contributed by atoms with Gasteiger partial charge in [-0.25, -0.2) is 0 Å². The van der Waals surface area contributed by atoms with Crippen LogP contribution in [-0.2, 0) is 9.53 Å². The molecule has 2 rings (SSSR count). The van der Waals surface area contributed by atoms with Crippen LogP contribution in [0.25, 0.3) is 0 Å². The van der Waals surface area contributed by atoms with E-state index in [1.165, 1.54) is 0 Å². The van der Waals surface area contributed by atoms with Crippen molar-refractivity contribution in [1.82, 2.24) is 0 Å². The summed E-state index contributed by atoms with van der Waals surface area (Å²) in [5.41, 5.74) is 0. The lowest BCUT2D eigenvalue weighted by Crippen LogP contribution is -2.32. The fraction of sp³-hybridized carbons (Fsp3) is 0.750. The number of hydrogen-bond acceptors (Lipinski definition) is 2. The predicted octanol–water partition coefficient (Wildman–Crippen LogP) is 3.23. The fourth-order valence-electron chi connectivity index (χ4n) is 2.52. The van der Waals surface area contributed by atoms with Gasteiger partial charge in [0.1, 0.15) is 0 Å². The molecule has 1 aliphatic carbocycles. The minimum Gasteiger partial charge on any atom is -0.490 e. The van der Waals surface area contributed by atoms with E-state index in [9.17, 15) is 18.0 Å². The molecule has 96 valence electrons. The monoisotopic (exact) mass is 248 g/mol. The van der Waals surface area contributed by atoms with Gasteiger partial charge < -0.3 is 4.74 Å². The van der Waals surface area contributed by atoms with E-state index >= 15 is 0 Å². The molecule has 0 aromatic rings. The molecule has 0 saturated heterocycles. The van der Waals surface area contributed by atoms with Crippen molar-refractivity contribution in [3.63, 3.8) is 0 Å². The molecule has 0 spiro atoms. The zero-order chi connectivity index (χ0) is 12.5. The van der Waals surface area contributed by atoms with Gasteiger partial charge in [-0.3, -0.25) is 4.79 Å². The van der Waals surface area contributed by atoms with Gasteiger partial charge in [0.15, 0.2) is 11.5 Å². The summed E-state index contributed by atoms with van der Waals surface area (Å²) in [6.45, 7) is 0.469. The Labute approximate surface area is 97.8 Å². The average Bonchev–Trinajstić information content (AvgIpc) is 2.80. The van der Waals surface area contributed by atoms with E-state index in [1.54, 1.807) is 6.08 Å². The number of carbonyl (C=O) groups is 1. The standard InChI is InChI=1S/C12H15F3O2/c13-12(14,15)9-4-1-3-8(7-9)11(16)10-5-2-6-17-10/h5,8-9H,1-4,6-7H2. The number of halogens is 3. The zero-order valence-electron chi connectivity index (χ0n) is 9.43. The van der Waals surface area contributed by atoms with Gasteiger partial charge in [0, 0.05) is 12.3 Å². The molecule has 2 nitrogen and oxygen atoms in total. The Balaban J connectivity index is 1.99. The predicted molar refractivity (Wildman–Crippen MR) is 55.2 cm³/mol. The van der Waals surface area contributed by atoms with E-state index in [2.05, 4.69) is 0 Å². The van der Waals surface area contributed by atoms with E-state index in [-0.39, 0.29) is 24.4 Å². The first-order valence-electron chi connectivity index (χ1n) is 5.92. The van der Waals surface area contributed by atoms with Crippen molar-refractivity contribution in [2.45, 2.75) is 38.3 Å². The smallest absolute Gasteiger partial charge is 0.391 e. The normalized spacial score (nSPS) is 29.7. The fourth-order valence-corrected chi connectivity index (χ4v) is 2.52. The van der Waals surface area contributed by atoms with Crippen LogP contribution in [0.3, 0.4) is 0 Å². The number of Topliss-reactive ketones (excluding diaryl/α,β-unsaturated/α-hetero) is 1. The molecular weight excluding hydrogens is 233 g/mol. The minimum atomic E-state index is -4.18. The summed E-state index contributed by atoms with van der Waals surface area (Å²) in [6.07, 6.45) is -0.740. The van der Waals surface area contributed by atoms with Gasteiger partial charge in [0.2, 0.25) is 0 Å². The summed E-state index contributed by atoms with van der Waals surface area (Å²) in [7, 11) is 0. The molecule has 1 fully saturated rings. The first kappa shape index (κ1) is 12.5. The number of ether oxygens (including phenoxy) is 1. The lowest BCUT2D eigenvalue weighted by atomic mass is 9.78. The molecule has 0 amide bonds. The largest absolute Gasteiger partial charge is 0.490 e. The summed E-state index contributed by atoms with van der Waals surface area (Å²) in [5, 5.41) is 0. The van der Waals surface area contributed by atoms with Crippen molar-refractivity contribution in [1.29, 1.82) is 0 Å². The highest BCUT2D eigenvalue weighted by molar-refractivity contribution is 5.95. The Kier molecular flexibility index (Phi) is 3.45. The van der Waals surface area contributed by atoms with Crippen molar-refractivity contribution in [2.75, 3.05) is 6.61 Å². The Morgan fingerprint density at radius 2 is 2.12 bits per heavy atom. The van der Waals surface area contributed by atoms with Crippen LogP contribution >= 0.6 is 0 Å². The summed E-state index contributed by atoms with van der Waals surface area (Å²) < 4.78 is 42.9. The maximum atomic E-state index is 12.6. The molecular formula is C12H15F3O2. The van der Waals surface area contributed by atoms with E-state index in [1.807, 2.05) is 0 Å². The molecule has 2 aliphatic rings. The van der Waals surface area contributed by atoms with Gasteiger partial charge in [-0.1, -0.05) is 6.42 Å². The topological polar surface area (TPSA) is 26.3 Å². The summed E-state index contributed by atoms with van der Waals surface area (Å²) in [5.74, 6) is -1.80. The van der Waals surface area contributed by atoms with Crippen LogP contribution in [0.1, 0.15) is 32.1 Å². The number of allylic oxidation sites excluding steroid dienone is 1. The van der Waals surface area contributed by atoms with Crippen LogP contribution < -0.4 is 0 Å². The van der Waals surface area contributed by atoms with Gasteiger partial charge in [-0.05, 0) is 25.3 Å². The van der Waals surface area contributed by atoms with E-state index in [0.717, 1.165) is 0 Å². The Bertz CT molecular complexity index is 333.